The van der Waals surface area contributed by atoms with Crippen LogP contribution in [-0.4, -0.2) is 71.5 Å². The Morgan fingerprint density at radius 2 is 1.96 bits per heavy atom. The van der Waals surface area contributed by atoms with Gasteiger partial charge in [0.05, 0.1) is 19.6 Å². The number of rotatable bonds is 5. The molecule has 2 saturated heterocycles. The van der Waals surface area contributed by atoms with E-state index in [4.69, 9.17) is 4.74 Å². The monoisotopic (exact) mass is 370 g/mol. The third kappa shape index (κ3) is 3.52. The minimum atomic E-state index is -0.782. The van der Waals surface area contributed by atoms with E-state index < -0.39 is 12.1 Å². The number of carbonyl (C=O) groups is 3. The minimum absolute atomic E-state index is 0.00579. The molecule has 27 heavy (non-hydrogen) atoms. The van der Waals surface area contributed by atoms with Gasteiger partial charge >= 0.3 is 6.03 Å². The quantitative estimate of drug-likeness (QED) is 0.764. The summed E-state index contributed by atoms with van der Waals surface area (Å²) in [6.07, 6.45) is 2.46. The van der Waals surface area contributed by atoms with Crippen LogP contribution in [-0.2, 0) is 20.7 Å². The largest absolute Gasteiger partial charge is 0.378 e. The van der Waals surface area contributed by atoms with Gasteiger partial charge in [-0.1, -0.05) is 18.2 Å². The van der Waals surface area contributed by atoms with Crippen molar-refractivity contribution in [2.24, 2.45) is 0 Å². The van der Waals surface area contributed by atoms with Crippen molar-refractivity contribution in [2.45, 2.75) is 18.9 Å². The molecule has 0 bridgehead atoms. The van der Waals surface area contributed by atoms with E-state index >= 15 is 0 Å². The molecule has 0 aliphatic carbocycles. The molecule has 1 aromatic carbocycles. The number of nitrogens with zero attached hydrogens (tertiary/aromatic N) is 2. The number of amides is 4. The molecule has 1 aromatic heterocycles. The Morgan fingerprint density at radius 3 is 2.78 bits per heavy atom. The fourth-order valence-corrected chi connectivity index (χ4v) is 3.61. The molecule has 0 radical (unpaired) electrons. The van der Waals surface area contributed by atoms with Gasteiger partial charge in [0.1, 0.15) is 6.04 Å². The maximum atomic E-state index is 12.6. The van der Waals surface area contributed by atoms with Crippen LogP contribution in [0.1, 0.15) is 12.0 Å². The lowest BCUT2D eigenvalue weighted by atomic mass is 10.1. The van der Waals surface area contributed by atoms with E-state index in [0.717, 1.165) is 16.5 Å². The zero-order valence-corrected chi connectivity index (χ0v) is 14.9. The molecule has 0 saturated carbocycles. The predicted octanol–water partition coefficient (Wildman–Crippen LogP) is 0.880. The number of aromatic nitrogens is 1. The van der Waals surface area contributed by atoms with Crippen molar-refractivity contribution in [3.63, 3.8) is 0 Å². The van der Waals surface area contributed by atoms with E-state index in [9.17, 15) is 14.4 Å². The van der Waals surface area contributed by atoms with Gasteiger partial charge in [0.2, 0.25) is 5.91 Å². The van der Waals surface area contributed by atoms with E-state index in [1.165, 1.54) is 4.90 Å². The van der Waals surface area contributed by atoms with Crippen molar-refractivity contribution < 1.29 is 19.1 Å². The van der Waals surface area contributed by atoms with Crippen molar-refractivity contribution >= 4 is 28.7 Å². The highest BCUT2D eigenvalue weighted by Gasteiger charge is 2.39. The Balaban J connectivity index is 1.37. The van der Waals surface area contributed by atoms with Gasteiger partial charge in [-0.05, 0) is 18.1 Å². The Kier molecular flexibility index (Phi) is 4.81. The molecule has 3 heterocycles. The molecule has 0 spiro atoms. The molecule has 8 nitrogen and oxygen atoms in total. The fourth-order valence-electron chi connectivity index (χ4n) is 3.61. The van der Waals surface area contributed by atoms with Gasteiger partial charge in [-0.15, -0.1) is 0 Å². The molecule has 1 atom stereocenters. The zero-order chi connectivity index (χ0) is 18.8. The van der Waals surface area contributed by atoms with Gasteiger partial charge in [0.15, 0.2) is 0 Å². The number of hydrogen-bond acceptors (Lipinski definition) is 4. The van der Waals surface area contributed by atoms with E-state index in [0.29, 0.717) is 32.7 Å². The summed E-state index contributed by atoms with van der Waals surface area (Å²) in [6, 6.07) is 6.70. The molecule has 4 amide bonds. The van der Waals surface area contributed by atoms with Gasteiger partial charge < -0.3 is 19.9 Å². The van der Waals surface area contributed by atoms with Gasteiger partial charge in [-0.2, -0.15) is 0 Å². The molecule has 2 fully saturated rings. The predicted molar refractivity (Wildman–Crippen MR) is 98.1 cm³/mol. The van der Waals surface area contributed by atoms with Crippen molar-refractivity contribution in [3.05, 3.63) is 36.0 Å². The second kappa shape index (κ2) is 7.40. The third-order valence-electron chi connectivity index (χ3n) is 5.13. The number of para-hydroxylation sites is 1. The molecule has 8 heteroatoms. The van der Waals surface area contributed by atoms with Crippen LogP contribution in [0.25, 0.3) is 10.9 Å². The fraction of sp³-hybridized carbons (Fsp3) is 0.421. The first-order chi connectivity index (χ1) is 13.1. The number of aromatic amines is 1. The van der Waals surface area contributed by atoms with Crippen LogP contribution < -0.4 is 5.32 Å². The number of benzene rings is 1. The number of urea groups is 1. The maximum absolute atomic E-state index is 12.6. The number of fused-ring (bicyclic) bond motifs is 1. The molecule has 2 aliphatic rings. The maximum Gasteiger partial charge on any atom is 0.324 e. The normalized spacial score (nSPS) is 20.4. The molecule has 2 aromatic rings. The Morgan fingerprint density at radius 1 is 1.19 bits per heavy atom. The molecule has 0 unspecified atom stereocenters. The number of morpholine rings is 1. The second-order valence-corrected chi connectivity index (χ2v) is 6.80. The lowest BCUT2D eigenvalue weighted by molar-refractivity contribution is -0.138. The summed E-state index contributed by atoms with van der Waals surface area (Å²) >= 11 is 0. The van der Waals surface area contributed by atoms with Crippen molar-refractivity contribution in [1.82, 2.24) is 20.1 Å². The van der Waals surface area contributed by atoms with Gasteiger partial charge in [0.25, 0.3) is 5.91 Å². The number of ether oxygens (including phenoxy) is 1. The smallest absolute Gasteiger partial charge is 0.324 e. The summed E-state index contributed by atoms with van der Waals surface area (Å²) in [5.41, 5.74) is 2.08. The molecule has 2 aliphatic heterocycles. The molecule has 142 valence electrons. The highest BCUT2D eigenvalue weighted by Crippen LogP contribution is 2.19. The van der Waals surface area contributed by atoms with E-state index in [1.54, 1.807) is 4.90 Å². The highest BCUT2D eigenvalue weighted by atomic mass is 16.5. The second-order valence-electron chi connectivity index (χ2n) is 6.80. The molecular formula is C19H22N4O4. The molecule has 4 rings (SSSR count). The number of nitrogens with one attached hydrogen (secondary N) is 2. The van der Waals surface area contributed by atoms with E-state index in [2.05, 4.69) is 10.3 Å². The van der Waals surface area contributed by atoms with Crippen LogP contribution in [0, 0.1) is 0 Å². The van der Waals surface area contributed by atoms with Crippen LogP contribution in [0.5, 0.6) is 0 Å². The number of carbonyl (C=O) groups excluding carboxylic acids is 3. The Bertz CT molecular complexity index is 871. The Labute approximate surface area is 156 Å². The van der Waals surface area contributed by atoms with Crippen LogP contribution in [0.15, 0.2) is 30.5 Å². The average Bonchev–Trinajstić information content (AvgIpc) is 3.22. The van der Waals surface area contributed by atoms with E-state index in [-0.39, 0.29) is 24.8 Å². The number of H-pyrrole nitrogens is 1. The van der Waals surface area contributed by atoms with Crippen LogP contribution >= 0.6 is 0 Å². The summed E-state index contributed by atoms with van der Waals surface area (Å²) in [4.78, 5) is 43.2. The summed E-state index contributed by atoms with van der Waals surface area (Å²) in [7, 11) is 0. The average molecular weight is 370 g/mol. The summed E-state index contributed by atoms with van der Waals surface area (Å²) < 4.78 is 5.23. The van der Waals surface area contributed by atoms with Crippen LogP contribution in [0.3, 0.4) is 0 Å². The van der Waals surface area contributed by atoms with Crippen molar-refractivity contribution in [1.29, 1.82) is 0 Å². The minimum Gasteiger partial charge on any atom is -0.378 e. The van der Waals surface area contributed by atoms with Crippen LogP contribution in [0.2, 0.25) is 0 Å². The highest BCUT2D eigenvalue weighted by molar-refractivity contribution is 6.05. The first-order valence-electron chi connectivity index (χ1n) is 9.16. The number of imide groups is 1. The van der Waals surface area contributed by atoms with Gasteiger partial charge in [0, 0.05) is 36.7 Å². The van der Waals surface area contributed by atoms with E-state index in [1.807, 2.05) is 30.5 Å². The Hall–Kier alpha value is -2.87. The van der Waals surface area contributed by atoms with Crippen LogP contribution in [0.4, 0.5) is 4.79 Å². The SMILES string of the molecule is O=C(C[C@@H]1NC(=O)N(CCc2c[nH]c3ccccc23)C1=O)N1CCOCC1. The van der Waals surface area contributed by atoms with Gasteiger partial charge in [-0.3, -0.25) is 14.5 Å². The molecule has 2 N–H and O–H groups in total. The third-order valence-corrected chi connectivity index (χ3v) is 5.13. The van der Waals surface area contributed by atoms with Crippen molar-refractivity contribution in [3.8, 4) is 0 Å². The summed E-state index contributed by atoms with van der Waals surface area (Å²) in [5, 5.41) is 3.73. The lowest BCUT2D eigenvalue weighted by Gasteiger charge is -2.27. The zero-order valence-electron chi connectivity index (χ0n) is 14.9. The first-order valence-corrected chi connectivity index (χ1v) is 9.16. The topological polar surface area (TPSA) is 94.7 Å². The lowest BCUT2D eigenvalue weighted by Crippen LogP contribution is -2.44. The first kappa shape index (κ1) is 17.5. The van der Waals surface area contributed by atoms with Gasteiger partial charge in [-0.25, -0.2) is 4.79 Å². The van der Waals surface area contributed by atoms with Crippen molar-refractivity contribution in [2.75, 3.05) is 32.8 Å². The summed E-state index contributed by atoms with van der Waals surface area (Å²) in [6.45, 7) is 2.35. The molecular weight excluding hydrogens is 348 g/mol. The number of hydrogen-bond donors (Lipinski definition) is 2. The standard InChI is InChI=1S/C19H22N4O4/c24-17(22-7-9-27-10-8-22)11-16-18(25)23(19(26)21-16)6-5-13-12-20-15-4-2-1-3-14(13)15/h1-4,12,16,20H,5-11H2,(H,21,26)/t16-/m0/s1. The summed E-state index contributed by atoms with van der Waals surface area (Å²) in [5.74, 6) is -0.461.